The standard InChI is InChI=1S/C12H26N2O2/c1-13-11-12-5-3-6-14(12)7-10-16-9-4-8-15-2/h12-13H,3-11H2,1-2H3. The molecule has 0 aromatic heterocycles. The van der Waals surface area contributed by atoms with Crippen LogP contribution >= 0.6 is 0 Å². The average Bonchev–Trinajstić information content (AvgIpc) is 2.72. The zero-order chi connectivity index (χ0) is 11.6. The predicted molar refractivity (Wildman–Crippen MR) is 65.8 cm³/mol. The van der Waals surface area contributed by atoms with Crippen molar-refractivity contribution < 1.29 is 9.47 Å². The molecule has 1 saturated heterocycles. The number of likely N-dealkylation sites (N-methyl/N-ethyl adjacent to an activating group) is 1. The van der Waals surface area contributed by atoms with Crippen LogP contribution in [0.1, 0.15) is 19.3 Å². The third kappa shape index (κ3) is 5.25. The molecule has 1 atom stereocenters. The van der Waals surface area contributed by atoms with Crippen molar-refractivity contribution in [3.05, 3.63) is 0 Å². The summed E-state index contributed by atoms with van der Waals surface area (Å²) in [6.07, 6.45) is 3.65. The van der Waals surface area contributed by atoms with Crippen LogP contribution < -0.4 is 5.32 Å². The number of ether oxygens (including phenoxy) is 2. The van der Waals surface area contributed by atoms with Crippen LogP contribution in [0, 0.1) is 0 Å². The minimum absolute atomic E-state index is 0.715. The van der Waals surface area contributed by atoms with Crippen molar-refractivity contribution in [2.75, 3.05) is 53.6 Å². The molecule has 0 saturated carbocycles. The number of rotatable bonds is 9. The van der Waals surface area contributed by atoms with Crippen molar-refractivity contribution in [3.63, 3.8) is 0 Å². The Bertz CT molecular complexity index is 167. The Morgan fingerprint density at radius 1 is 1.31 bits per heavy atom. The number of nitrogens with one attached hydrogen (secondary N) is 1. The number of nitrogens with zero attached hydrogens (tertiary/aromatic N) is 1. The summed E-state index contributed by atoms with van der Waals surface area (Å²) in [7, 11) is 3.75. The Morgan fingerprint density at radius 2 is 2.19 bits per heavy atom. The van der Waals surface area contributed by atoms with Crippen LogP contribution in [0.3, 0.4) is 0 Å². The molecule has 1 N–H and O–H groups in total. The number of hydrogen-bond acceptors (Lipinski definition) is 4. The first kappa shape index (κ1) is 13.9. The third-order valence-corrected chi connectivity index (χ3v) is 3.10. The van der Waals surface area contributed by atoms with E-state index in [9.17, 15) is 0 Å². The summed E-state index contributed by atoms with van der Waals surface area (Å²) in [4.78, 5) is 2.53. The number of likely N-dealkylation sites (tertiary alicyclic amines) is 1. The molecule has 16 heavy (non-hydrogen) atoms. The summed E-state index contributed by atoms with van der Waals surface area (Å²) in [6, 6.07) is 0.715. The Kier molecular flexibility index (Phi) is 7.76. The molecule has 0 radical (unpaired) electrons. The molecule has 1 aliphatic heterocycles. The van der Waals surface area contributed by atoms with Gasteiger partial charge < -0.3 is 14.8 Å². The third-order valence-electron chi connectivity index (χ3n) is 3.10. The Morgan fingerprint density at radius 3 is 2.94 bits per heavy atom. The van der Waals surface area contributed by atoms with E-state index in [0.717, 1.165) is 39.3 Å². The lowest BCUT2D eigenvalue weighted by Crippen LogP contribution is -2.38. The van der Waals surface area contributed by atoms with Crippen molar-refractivity contribution in [3.8, 4) is 0 Å². The first-order valence-corrected chi connectivity index (χ1v) is 6.33. The fraction of sp³-hybridized carbons (Fsp3) is 1.00. The van der Waals surface area contributed by atoms with Crippen LogP contribution in [-0.4, -0.2) is 64.6 Å². The van der Waals surface area contributed by atoms with Crippen LogP contribution in [0.5, 0.6) is 0 Å². The van der Waals surface area contributed by atoms with Crippen LogP contribution in [-0.2, 0) is 9.47 Å². The highest BCUT2D eigenvalue weighted by molar-refractivity contribution is 4.80. The van der Waals surface area contributed by atoms with Gasteiger partial charge in [0.1, 0.15) is 0 Å². The topological polar surface area (TPSA) is 33.7 Å². The zero-order valence-electron chi connectivity index (χ0n) is 10.7. The van der Waals surface area contributed by atoms with Crippen LogP contribution in [0.4, 0.5) is 0 Å². The Hall–Kier alpha value is -0.160. The second kappa shape index (κ2) is 8.93. The van der Waals surface area contributed by atoms with Crippen molar-refractivity contribution >= 4 is 0 Å². The molecule has 1 heterocycles. The molecule has 0 aliphatic carbocycles. The molecule has 1 aliphatic rings. The molecule has 0 aromatic carbocycles. The molecule has 1 unspecified atom stereocenters. The molecule has 0 bridgehead atoms. The maximum absolute atomic E-state index is 5.58. The molecule has 4 heteroatoms. The van der Waals surface area contributed by atoms with Gasteiger partial charge in [0.05, 0.1) is 6.61 Å². The van der Waals surface area contributed by atoms with Crippen molar-refractivity contribution in [1.82, 2.24) is 10.2 Å². The summed E-state index contributed by atoms with van der Waals surface area (Å²) in [5.41, 5.74) is 0. The van der Waals surface area contributed by atoms with Gasteiger partial charge in [-0.3, -0.25) is 4.90 Å². The molecule has 0 aromatic rings. The summed E-state index contributed by atoms with van der Waals surface area (Å²) < 4.78 is 10.6. The van der Waals surface area contributed by atoms with Crippen molar-refractivity contribution in [2.45, 2.75) is 25.3 Å². The minimum atomic E-state index is 0.715. The highest BCUT2D eigenvalue weighted by atomic mass is 16.5. The Balaban J connectivity index is 1.99. The Labute approximate surface area is 99.3 Å². The summed E-state index contributed by atoms with van der Waals surface area (Å²) in [5.74, 6) is 0. The molecule has 0 spiro atoms. The molecule has 1 rings (SSSR count). The molecule has 4 nitrogen and oxygen atoms in total. The van der Waals surface area contributed by atoms with E-state index in [-0.39, 0.29) is 0 Å². The van der Waals surface area contributed by atoms with Crippen molar-refractivity contribution in [2.24, 2.45) is 0 Å². The van der Waals surface area contributed by atoms with Gasteiger partial charge in [0.25, 0.3) is 0 Å². The monoisotopic (exact) mass is 230 g/mol. The fourth-order valence-corrected chi connectivity index (χ4v) is 2.25. The lowest BCUT2D eigenvalue weighted by Gasteiger charge is -2.23. The summed E-state index contributed by atoms with van der Waals surface area (Å²) in [5, 5.41) is 3.26. The van der Waals surface area contributed by atoms with Gasteiger partial charge in [0, 0.05) is 39.5 Å². The molecule has 1 fully saturated rings. The first-order valence-electron chi connectivity index (χ1n) is 6.33. The van der Waals surface area contributed by atoms with E-state index in [1.165, 1.54) is 19.4 Å². The average molecular weight is 230 g/mol. The van der Waals surface area contributed by atoms with E-state index in [0.29, 0.717) is 6.04 Å². The van der Waals surface area contributed by atoms with E-state index in [4.69, 9.17) is 9.47 Å². The van der Waals surface area contributed by atoms with Gasteiger partial charge in [-0.05, 0) is 32.9 Å². The predicted octanol–water partition coefficient (Wildman–Crippen LogP) is 0.723. The lowest BCUT2D eigenvalue weighted by molar-refractivity contribution is 0.0809. The SMILES string of the molecule is CNCC1CCCN1CCOCCCOC. The lowest BCUT2D eigenvalue weighted by atomic mass is 10.2. The minimum Gasteiger partial charge on any atom is -0.385 e. The zero-order valence-corrected chi connectivity index (χ0v) is 10.7. The molecule has 0 amide bonds. The summed E-state index contributed by atoms with van der Waals surface area (Å²) >= 11 is 0. The van der Waals surface area contributed by atoms with Gasteiger partial charge in [-0.1, -0.05) is 0 Å². The van der Waals surface area contributed by atoms with E-state index in [1.54, 1.807) is 7.11 Å². The van der Waals surface area contributed by atoms with E-state index < -0.39 is 0 Å². The van der Waals surface area contributed by atoms with Gasteiger partial charge in [0.2, 0.25) is 0 Å². The molecule has 96 valence electrons. The largest absolute Gasteiger partial charge is 0.385 e. The van der Waals surface area contributed by atoms with E-state index in [2.05, 4.69) is 10.2 Å². The van der Waals surface area contributed by atoms with Gasteiger partial charge in [-0.25, -0.2) is 0 Å². The normalized spacial score (nSPS) is 21.8. The van der Waals surface area contributed by atoms with Crippen molar-refractivity contribution in [1.29, 1.82) is 0 Å². The number of methoxy groups -OCH3 is 1. The highest BCUT2D eigenvalue weighted by Crippen LogP contribution is 2.15. The highest BCUT2D eigenvalue weighted by Gasteiger charge is 2.22. The van der Waals surface area contributed by atoms with Gasteiger partial charge in [-0.2, -0.15) is 0 Å². The van der Waals surface area contributed by atoms with Gasteiger partial charge in [0.15, 0.2) is 0 Å². The number of hydrogen-bond donors (Lipinski definition) is 1. The quantitative estimate of drug-likeness (QED) is 0.592. The second-order valence-electron chi connectivity index (χ2n) is 4.35. The summed E-state index contributed by atoms with van der Waals surface area (Å²) in [6.45, 7) is 5.87. The maximum Gasteiger partial charge on any atom is 0.0593 e. The van der Waals surface area contributed by atoms with Gasteiger partial charge >= 0.3 is 0 Å². The van der Waals surface area contributed by atoms with Crippen LogP contribution in [0.2, 0.25) is 0 Å². The molecular weight excluding hydrogens is 204 g/mol. The van der Waals surface area contributed by atoms with Gasteiger partial charge in [-0.15, -0.1) is 0 Å². The van der Waals surface area contributed by atoms with Crippen LogP contribution in [0.25, 0.3) is 0 Å². The van der Waals surface area contributed by atoms with E-state index in [1.807, 2.05) is 7.05 Å². The second-order valence-corrected chi connectivity index (χ2v) is 4.35. The van der Waals surface area contributed by atoms with E-state index >= 15 is 0 Å². The smallest absolute Gasteiger partial charge is 0.0593 e. The van der Waals surface area contributed by atoms with Crippen LogP contribution in [0.15, 0.2) is 0 Å². The fourth-order valence-electron chi connectivity index (χ4n) is 2.25. The first-order chi connectivity index (χ1) is 7.88. The maximum atomic E-state index is 5.58. The molecular formula is C12H26N2O2.